The number of allylic oxidation sites excluding steroid dienone is 18. The Bertz CT molecular complexity index is 1460. The normalized spacial score (nSPS) is 12.9. The van der Waals surface area contributed by atoms with E-state index in [4.69, 9.17) is 14.2 Å². The Morgan fingerprint density at radius 3 is 0.817 bits per heavy atom. The molecule has 0 bridgehead atoms. The Morgan fingerprint density at radius 2 is 0.507 bits per heavy atom. The third-order valence-electron chi connectivity index (χ3n) is 12.2. The molecule has 0 aliphatic rings. The first-order valence-electron chi connectivity index (χ1n) is 29.4. The van der Waals surface area contributed by atoms with E-state index in [0.29, 0.717) is 19.3 Å². The van der Waals surface area contributed by atoms with Crippen molar-refractivity contribution in [2.45, 2.75) is 271 Å². The van der Waals surface area contributed by atoms with Gasteiger partial charge in [-0.3, -0.25) is 14.4 Å². The van der Waals surface area contributed by atoms with Gasteiger partial charge in [0.2, 0.25) is 0 Å². The maximum atomic E-state index is 12.9. The van der Waals surface area contributed by atoms with Gasteiger partial charge in [-0.25, -0.2) is 0 Å². The average molecular weight is 986 g/mol. The van der Waals surface area contributed by atoms with Gasteiger partial charge < -0.3 is 14.2 Å². The number of hydrogen-bond donors (Lipinski definition) is 0. The molecule has 0 aromatic heterocycles. The molecule has 6 heteroatoms. The molecule has 0 fully saturated rings. The van der Waals surface area contributed by atoms with E-state index in [1.807, 2.05) is 0 Å². The Labute approximate surface area is 438 Å². The van der Waals surface area contributed by atoms with Gasteiger partial charge in [0.1, 0.15) is 13.2 Å². The van der Waals surface area contributed by atoms with Crippen LogP contribution in [0.25, 0.3) is 0 Å². The molecule has 0 amide bonds. The van der Waals surface area contributed by atoms with Gasteiger partial charge in [0, 0.05) is 19.3 Å². The van der Waals surface area contributed by atoms with E-state index in [9.17, 15) is 14.4 Å². The predicted octanol–water partition coefficient (Wildman–Crippen LogP) is 19.9. The van der Waals surface area contributed by atoms with Crippen LogP contribution in [0, 0.1) is 0 Å². The number of hydrogen-bond acceptors (Lipinski definition) is 6. The highest BCUT2D eigenvalue weighted by molar-refractivity contribution is 5.71. The van der Waals surface area contributed by atoms with Crippen molar-refractivity contribution in [2.24, 2.45) is 0 Å². The van der Waals surface area contributed by atoms with Crippen molar-refractivity contribution in [3.05, 3.63) is 109 Å². The molecule has 0 heterocycles. The van der Waals surface area contributed by atoms with Crippen LogP contribution in [0.3, 0.4) is 0 Å². The molecule has 404 valence electrons. The molecule has 1 atom stereocenters. The first kappa shape index (κ1) is 67.1. The highest BCUT2D eigenvalue weighted by atomic mass is 16.6. The lowest BCUT2D eigenvalue weighted by molar-refractivity contribution is -0.167. The number of unbranched alkanes of at least 4 members (excludes halogenated alkanes) is 23. The number of ether oxygens (including phenoxy) is 3. The lowest BCUT2D eigenvalue weighted by atomic mass is 10.1. The summed E-state index contributed by atoms with van der Waals surface area (Å²) >= 11 is 0. The van der Waals surface area contributed by atoms with Crippen LogP contribution in [0.15, 0.2) is 109 Å². The average Bonchev–Trinajstić information content (AvgIpc) is 3.37. The summed E-state index contributed by atoms with van der Waals surface area (Å²) in [5.74, 6) is -0.967. The first-order valence-corrected chi connectivity index (χ1v) is 29.4. The van der Waals surface area contributed by atoms with Crippen molar-refractivity contribution in [2.75, 3.05) is 13.2 Å². The zero-order valence-corrected chi connectivity index (χ0v) is 46.2. The third kappa shape index (κ3) is 56.9. The summed E-state index contributed by atoms with van der Waals surface area (Å²) in [5, 5.41) is 0. The number of carbonyl (C=O) groups is 3. The predicted molar refractivity (Wildman–Crippen MR) is 307 cm³/mol. The molecule has 0 aliphatic heterocycles. The third-order valence-corrected chi connectivity index (χ3v) is 12.2. The molecule has 0 saturated heterocycles. The summed E-state index contributed by atoms with van der Waals surface area (Å²) in [6.45, 7) is 6.50. The standard InChI is InChI=1S/C65H108O6/c1-4-7-10-13-16-19-22-25-28-30-32-34-37-40-43-46-49-52-55-58-64(67)70-61-62(60-69-63(66)57-54-51-48-45-42-39-36-27-24-21-18-15-12-9-6-3)71-65(68)59-56-53-50-47-44-41-38-35-33-31-29-26-23-20-17-14-11-8-5-2/h16-21,25-29,32-36,42,45,62H,4-15,22-24,30-31,37-41,43-44,46-61H2,1-3H3/b19-16-,20-17-,21-18-,28-25-,29-26-,34-32-,35-33-,36-27-,45-42-/t62-/m1/s1. The molecule has 0 aromatic carbocycles. The van der Waals surface area contributed by atoms with E-state index < -0.39 is 6.10 Å². The van der Waals surface area contributed by atoms with Crippen LogP contribution in [-0.2, 0) is 28.6 Å². The summed E-state index contributed by atoms with van der Waals surface area (Å²) in [5.41, 5.74) is 0. The SMILES string of the molecule is CCCCC/C=C\C/C=C\C/C=C\CCCCCCCCC(=O)OC[C@@H](COC(=O)CCCC/C=C\C/C=C\C/C=C\CCCCC)OC(=O)CCCCCCCC/C=C\C/C=C\C/C=C\CCCCC. The van der Waals surface area contributed by atoms with Gasteiger partial charge in [0.15, 0.2) is 6.10 Å². The van der Waals surface area contributed by atoms with Gasteiger partial charge in [-0.05, 0) is 135 Å². The maximum absolute atomic E-state index is 12.9. The Hall–Kier alpha value is -3.93. The molecule has 0 spiro atoms. The molecular formula is C65H108O6. The quantitative estimate of drug-likeness (QED) is 0.0261. The van der Waals surface area contributed by atoms with E-state index in [-0.39, 0.29) is 31.1 Å². The molecule has 0 unspecified atom stereocenters. The van der Waals surface area contributed by atoms with Gasteiger partial charge in [0.05, 0.1) is 0 Å². The molecule has 71 heavy (non-hydrogen) atoms. The highest BCUT2D eigenvalue weighted by Crippen LogP contribution is 2.13. The van der Waals surface area contributed by atoms with Crippen molar-refractivity contribution in [3.63, 3.8) is 0 Å². The fourth-order valence-corrected chi connectivity index (χ4v) is 7.76. The fraction of sp³-hybridized carbons (Fsp3) is 0.677. The molecule has 0 rings (SSSR count). The largest absolute Gasteiger partial charge is 0.462 e. The minimum Gasteiger partial charge on any atom is -0.462 e. The Kier molecular flexibility index (Phi) is 55.4. The van der Waals surface area contributed by atoms with E-state index in [0.717, 1.165) is 122 Å². The summed E-state index contributed by atoms with van der Waals surface area (Å²) in [6.07, 6.45) is 79.3. The topological polar surface area (TPSA) is 78.9 Å². The smallest absolute Gasteiger partial charge is 0.306 e. The lowest BCUT2D eigenvalue weighted by Gasteiger charge is -2.18. The minimum absolute atomic E-state index is 0.104. The second kappa shape index (κ2) is 58.6. The molecule has 0 radical (unpaired) electrons. The van der Waals surface area contributed by atoms with Gasteiger partial charge in [0.25, 0.3) is 0 Å². The molecule has 6 nitrogen and oxygen atoms in total. The lowest BCUT2D eigenvalue weighted by Crippen LogP contribution is -2.30. The Morgan fingerprint density at radius 1 is 0.282 bits per heavy atom. The minimum atomic E-state index is -0.809. The maximum Gasteiger partial charge on any atom is 0.306 e. The zero-order valence-electron chi connectivity index (χ0n) is 46.2. The van der Waals surface area contributed by atoms with Crippen LogP contribution in [0.4, 0.5) is 0 Å². The van der Waals surface area contributed by atoms with Crippen molar-refractivity contribution in [1.29, 1.82) is 0 Å². The van der Waals surface area contributed by atoms with Crippen molar-refractivity contribution in [1.82, 2.24) is 0 Å². The zero-order chi connectivity index (χ0) is 51.4. The molecule has 0 N–H and O–H groups in total. The van der Waals surface area contributed by atoms with Crippen molar-refractivity contribution < 1.29 is 28.6 Å². The summed E-state index contributed by atoms with van der Waals surface area (Å²) < 4.78 is 16.8. The van der Waals surface area contributed by atoms with Gasteiger partial charge >= 0.3 is 17.9 Å². The van der Waals surface area contributed by atoms with Gasteiger partial charge in [-0.1, -0.05) is 220 Å². The van der Waals surface area contributed by atoms with Crippen LogP contribution in [0.1, 0.15) is 265 Å². The monoisotopic (exact) mass is 985 g/mol. The summed E-state index contributed by atoms with van der Waals surface area (Å²) in [7, 11) is 0. The van der Waals surface area contributed by atoms with Crippen LogP contribution in [-0.4, -0.2) is 37.2 Å². The molecule has 0 saturated carbocycles. The first-order chi connectivity index (χ1) is 35.0. The highest BCUT2D eigenvalue weighted by Gasteiger charge is 2.19. The van der Waals surface area contributed by atoms with Crippen LogP contribution in [0.5, 0.6) is 0 Å². The van der Waals surface area contributed by atoms with Crippen LogP contribution >= 0.6 is 0 Å². The second-order valence-corrected chi connectivity index (χ2v) is 19.2. The van der Waals surface area contributed by atoms with Gasteiger partial charge in [-0.2, -0.15) is 0 Å². The summed E-state index contributed by atoms with van der Waals surface area (Å²) in [6, 6.07) is 0. The van der Waals surface area contributed by atoms with E-state index in [1.54, 1.807) is 0 Å². The van der Waals surface area contributed by atoms with Crippen molar-refractivity contribution >= 4 is 17.9 Å². The number of carbonyl (C=O) groups excluding carboxylic acids is 3. The molecule has 0 aromatic rings. The fourth-order valence-electron chi connectivity index (χ4n) is 7.76. The van der Waals surface area contributed by atoms with E-state index in [1.165, 1.54) is 103 Å². The number of esters is 3. The van der Waals surface area contributed by atoms with Crippen LogP contribution in [0.2, 0.25) is 0 Å². The number of rotatable bonds is 52. The Balaban J connectivity index is 4.50. The van der Waals surface area contributed by atoms with Gasteiger partial charge in [-0.15, -0.1) is 0 Å². The molecule has 0 aliphatic carbocycles. The summed E-state index contributed by atoms with van der Waals surface area (Å²) in [4.78, 5) is 38.2. The molecular weight excluding hydrogens is 877 g/mol. The second-order valence-electron chi connectivity index (χ2n) is 19.2. The van der Waals surface area contributed by atoms with E-state index >= 15 is 0 Å². The van der Waals surface area contributed by atoms with Crippen LogP contribution < -0.4 is 0 Å². The van der Waals surface area contributed by atoms with Crippen molar-refractivity contribution in [3.8, 4) is 0 Å². The van der Waals surface area contributed by atoms with E-state index in [2.05, 4.69) is 130 Å².